The van der Waals surface area contributed by atoms with Crippen LogP contribution in [0.1, 0.15) is 29.4 Å². The van der Waals surface area contributed by atoms with Crippen molar-refractivity contribution in [3.63, 3.8) is 0 Å². The van der Waals surface area contributed by atoms with Crippen molar-refractivity contribution < 1.29 is 14.7 Å². The van der Waals surface area contributed by atoms with Gasteiger partial charge in [0.05, 0.1) is 0 Å². The molecule has 1 amide bonds. The number of thioether (sulfide) groups is 1. The lowest BCUT2D eigenvalue weighted by Crippen LogP contribution is -2.25. The molecule has 1 aromatic heterocycles. The van der Waals surface area contributed by atoms with Crippen LogP contribution in [0.25, 0.3) is 10.6 Å². The van der Waals surface area contributed by atoms with Crippen molar-refractivity contribution >= 4 is 35.0 Å². The minimum Gasteiger partial charge on any atom is -0.476 e. The van der Waals surface area contributed by atoms with E-state index in [2.05, 4.69) is 10.3 Å². The average molecular weight is 350 g/mol. The summed E-state index contributed by atoms with van der Waals surface area (Å²) in [6.07, 6.45) is 2.48. The molecule has 0 saturated heterocycles. The number of nitrogens with one attached hydrogen (secondary N) is 1. The van der Waals surface area contributed by atoms with E-state index >= 15 is 0 Å². The molecule has 2 N–H and O–H groups in total. The van der Waals surface area contributed by atoms with Gasteiger partial charge in [-0.15, -0.1) is 11.3 Å². The zero-order valence-corrected chi connectivity index (χ0v) is 14.5. The number of carboxylic acid groups (broad SMARTS) is 1. The van der Waals surface area contributed by atoms with Gasteiger partial charge in [0.1, 0.15) is 5.01 Å². The lowest BCUT2D eigenvalue weighted by molar-refractivity contribution is -0.121. The number of rotatable bonds is 7. The molecule has 0 fully saturated rings. The van der Waals surface area contributed by atoms with Crippen LogP contribution in [0.5, 0.6) is 0 Å². The van der Waals surface area contributed by atoms with Crippen molar-refractivity contribution in [3.05, 3.63) is 40.9 Å². The molecule has 0 bridgehead atoms. The number of nitrogens with zero attached hydrogens (tertiary/aromatic N) is 1. The molecule has 0 aliphatic carbocycles. The fourth-order valence-corrected chi connectivity index (χ4v) is 3.05. The van der Waals surface area contributed by atoms with Crippen molar-refractivity contribution in [3.8, 4) is 10.6 Å². The van der Waals surface area contributed by atoms with Crippen molar-refractivity contribution in [2.45, 2.75) is 25.1 Å². The maximum absolute atomic E-state index is 11.8. The molecular formula is C16H18N2O3S2. The number of benzene rings is 1. The second-order valence-corrected chi connectivity index (χ2v) is 7.20. The Bertz CT molecular complexity index is 700. The highest BCUT2D eigenvalue weighted by Crippen LogP contribution is 2.24. The summed E-state index contributed by atoms with van der Waals surface area (Å²) in [5.41, 5.74) is 1.86. The highest BCUT2D eigenvalue weighted by molar-refractivity contribution is 7.99. The van der Waals surface area contributed by atoms with Crippen molar-refractivity contribution in [2.24, 2.45) is 0 Å². The number of carbonyl (C=O) groups is 2. The van der Waals surface area contributed by atoms with Crippen LogP contribution in [0.2, 0.25) is 0 Å². The molecule has 122 valence electrons. The second-order valence-electron chi connectivity index (χ2n) is 5.07. The normalized spacial score (nSPS) is 11.9. The lowest BCUT2D eigenvalue weighted by Gasteiger charge is -2.09. The van der Waals surface area contributed by atoms with Gasteiger partial charge < -0.3 is 10.4 Å². The van der Waals surface area contributed by atoms with Crippen molar-refractivity contribution in [1.82, 2.24) is 10.3 Å². The first-order valence-electron chi connectivity index (χ1n) is 7.07. The molecule has 1 atom stereocenters. The Morgan fingerprint density at radius 3 is 2.87 bits per heavy atom. The molecule has 1 unspecified atom stereocenters. The maximum atomic E-state index is 11.8. The predicted molar refractivity (Wildman–Crippen MR) is 94.0 cm³/mol. The fourth-order valence-electron chi connectivity index (χ4n) is 1.94. The van der Waals surface area contributed by atoms with Gasteiger partial charge in [0.25, 0.3) is 0 Å². The maximum Gasteiger partial charge on any atom is 0.355 e. The van der Waals surface area contributed by atoms with Gasteiger partial charge in [-0.2, -0.15) is 11.8 Å². The SMILES string of the molecule is CSC(C)CC(=O)NCc1cccc(-c2nc(C(=O)O)cs2)c1. The molecule has 2 aromatic rings. The number of aromatic carboxylic acids is 1. The van der Waals surface area contributed by atoms with E-state index < -0.39 is 5.97 Å². The van der Waals surface area contributed by atoms with Crippen LogP contribution >= 0.6 is 23.1 Å². The smallest absolute Gasteiger partial charge is 0.355 e. The molecule has 0 aliphatic rings. The first-order chi connectivity index (χ1) is 11.0. The van der Waals surface area contributed by atoms with Crippen LogP contribution < -0.4 is 5.32 Å². The molecule has 7 heteroatoms. The number of carbonyl (C=O) groups excluding carboxylic acids is 1. The molecule has 0 saturated carbocycles. The predicted octanol–water partition coefficient (Wildman–Crippen LogP) is 3.27. The van der Waals surface area contributed by atoms with Gasteiger partial charge in [0, 0.05) is 29.2 Å². The highest BCUT2D eigenvalue weighted by Gasteiger charge is 2.11. The van der Waals surface area contributed by atoms with E-state index in [1.54, 1.807) is 11.8 Å². The first kappa shape index (κ1) is 17.5. The van der Waals surface area contributed by atoms with Gasteiger partial charge in [-0.1, -0.05) is 25.1 Å². The summed E-state index contributed by atoms with van der Waals surface area (Å²) >= 11 is 2.96. The first-order valence-corrected chi connectivity index (χ1v) is 9.24. The Hall–Kier alpha value is -1.86. The number of carboxylic acids is 1. The minimum absolute atomic E-state index is 0.0275. The number of aromatic nitrogens is 1. The fraction of sp³-hybridized carbons (Fsp3) is 0.312. The van der Waals surface area contributed by atoms with Gasteiger partial charge in [-0.3, -0.25) is 4.79 Å². The second kappa shape index (κ2) is 8.12. The number of hydrogen-bond acceptors (Lipinski definition) is 5. The third-order valence-corrected chi connectivity index (χ3v) is 5.12. The standard InChI is InChI=1S/C16H18N2O3S2/c1-10(22-2)6-14(19)17-8-11-4-3-5-12(7-11)15-18-13(9-23-15)16(20)21/h3-5,7,9-10H,6,8H2,1-2H3,(H,17,19)(H,20,21). The van der Waals surface area contributed by atoms with Crippen LogP contribution in [0.4, 0.5) is 0 Å². The van der Waals surface area contributed by atoms with E-state index in [0.717, 1.165) is 11.1 Å². The van der Waals surface area contributed by atoms with E-state index in [9.17, 15) is 9.59 Å². The van der Waals surface area contributed by atoms with Gasteiger partial charge >= 0.3 is 5.97 Å². The molecule has 0 spiro atoms. The lowest BCUT2D eigenvalue weighted by atomic mass is 10.1. The molecule has 2 rings (SSSR count). The molecule has 0 radical (unpaired) electrons. The third-order valence-electron chi connectivity index (χ3n) is 3.26. The zero-order chi connectivity index (χ0) is 16.8. The van der Waals surface area contributed by atoms with Crippen LogP contribution in [-0.4, -0.2) is 33.5 Å². The van der Waals surface area contributed by atoms with Gasteiger partial charge in [0.2, 0.25) is 5.91 Å². The number of hydrogen-bond donors (Lipinski definition) is 2. The van der Waals surface area contributed by atoms with E-state index in [1.165, 1.54) is 16.7 Å². The number of amides is 1. The zero-order valence-electron chi connectivity index (χ0n) is 12.9. The van der Waals surface area contributed by atoms with E-state index in [-0.39, 0.29) is 11.6 Å². The molecule has 5 nitrogen and oxygen atoms in total. The quantitative estimate of drug-likeness (QED) is 0.801. The van der Waals surface area contributed by atoms with E-state index in [0.29, 0.717) is 23.2 Å². The largest absolute Gasteiger partial charge is 0.476 e. The Labute approximate surface area is 143 Å². The molecule has 23 heavy (non-hydrogen) atoms. The Morgan fingerprint density at radius 1 is 1.43 bits per heavy atom. The summed E-state index contributed by atoms with van der Waals surface area (Å²) in [5, 5.41) is 14.3. The third kappa shape index (κ3) is 5.07. The summed E-state index contributed by atoms with van der Waals surface area (Å²) in [6, 6.07) is 7.60. The van der Waals surface area contributed by atoms with E-state index in [1.807, 2.05) is 37.4 Å². The Kier molecular flexibility index (Phi) is 6.18. The monoisotopic (exact) mass is 350 g/mol. The summed E-state index contributed by atoms with van der Waals surface area (Å²) < 4.78 is 0. The molecular weight excluding hydrogens is 332 g/mol. The Balaban J connectivity index is 2.02. The summed E-state index contributed by atoms with van der Waals surface area (Å²) in [5.74, 6) is -1.00. The molecule has 1 heterocycles. The highest BCUT2D eigenvalue weighted by atomic mass is 32.2. The van der Waals surface area contributed by atoms with Crippen molar-refractivity contribution in [1.29, 1.82) is 0 Å². The van der Waals surface area contributed by atoms with Crippen LogP contribution in [0, 0.1) is 0 Å². The van der Waals surface area contributed by atoms with Gasteiger partial charge in [0.15, 0.2) is 5.69 Å². The van der Waals surface area contributed by atoms with Gasteiger partial charge in [-0.25, -0.2) is 9.78 Å². The number of thiazole rings is 1. The Morgan fingerprint density at radius 2 is 2.22 bits per heavy atom. The van der Waals surface area contributed by atoms with Crippen LogP contribution in [-0.2, 0) is 11.3 Å². The van der Waals surface area contributed by atoms with Crippen LogP contribution in [0.3, 0.4) is 0 Å². The molecule has 0 aliphatic heterocycles. The van der Waals surface area contributed by atoms with Gasteiger partial charge in [-0.05, 0) is 17.9 Å². The summed E-state index contributed by atoms with van der Waals surface area (Å²) in [7, 11) is 0. The van der Waals surface area contributed by atoms with Crippen molar-refractivity contribution in [2.75, 3.05) is 6.26 Å². The summed E-state index contributed by atoms with van der Waals surface area (Å²) in [4.78, 5) is 26.8. The average Bonchev–Trinajstić information content (AvgIpc) is 3.03. The van der Waals surface area contributed by atoms with E-state index in [4.69, 9.17) is 5.11 Å². The topological polar surface area (TPSA) is 79.3 Å². The summed E-state index contributed by atoms with van der Waals surface area (Å²) in [6.45, 7) is 2.47. The molecule has 1 aromatic carbocycles. The van der Waals surface area contributed by atoms with Crippen LogP contribution in [0.15, 0.2) is 29.6 Å². The minimum atomic E-state index is -1.03.